The molecule has 2 aromatic rings. The predicted molar refractivity (Wildman–Crippen MR) is 114 cm³/mol. The highest BCUT2D eigenvalue weighted by atomic mass is 16.7. The van der Waals surface area contributed by atoms with Crippen molar-refractivity contribution >= 4 is 10.8 Å². The molecule has 0 saturated carbocycles. The second-order valence-corrected chi connectivity index (χ2v) is 8.39. The van der Waals surface area contributed by atoms with Crippen molar-refractivity contribution in [2.75, 3.05) is 13.2 Å². The fourth-order valence-corrected chi connectivity index (χ4v) is 4.11. The fourth-order valence-electron chi connectivity index (χ4n) is 4.11. The number of ether oxygens (including phenoxy) is 4. The summed E-state index contributed by atoms with van der Waals surface area (Å²) in [4.78, 5) is 0. The Kier molecular flexibility index (Phi) is 7.63. The largest absolute Gasteiger partial charge is 0.507 e. The molecule has 13 nitrogen and oxygen atoms in total. The predicted octanol–water partition coefficient (Wildman–Crippen LogP) is -3.10. The van der Waals surface area contributed by atoms with E-state index in [1.807, 2.05) is 0 Å². The molecule has 9 N–H and O–H groups in total. The topological polar surface area (TPSA) is 219 Å². The van der Waals surface area contributed by atoms with Crippen LogP contribution in [0.3, 0.4) is 0 Å². The molecule has 2 fully saturated rings. The maximum Gasteiger partial charge on any atom is 0.229 e. The van der Waals surface area contributed by atoms with E-state index >= 15 is 0 Å². The molecule has 0 bridgehead atoms. The van der Waals surface area contributed by atoms with Crippen LogP contribution in [0.15, 0.2) is 30.3 Å². The van der Waals surface area contributed by atoms with Crippen LogP contribution in [0, 0.1) is 0 Å². The number of phenols is 1. The van der Waals surface area contributed by atoms with Crippen molar-refractivity contribution in [1.29, 1.82) is 0 Å². The van der Waals surface area contributed by atoms with E-state index in [0.29, 0.717) is 0 Å². The third-order valence-corrected chi connectivity index (χ3v) is 6.12. The average Bonchev–Trinajstić information content (AvgIpc) is 2.85. The van der Waals surface area contributed by atoms with E-state index in [1.165, 1.54) is 30.3 Å². The van der Waals surface area contributed by atoms with Crippen LogP contribution in [-0.2, 0) is 9.47 Å². The van der Waals surface area contributed by atoms with Crippen LogP contribution < -0.4 is 9.47 Å². The maximum atomic E-state index is 10.5. The number of benzene rings is 2. The highest BCUT2D eigenvalue weighted by Gasteiger charge is 2.46. The van der Waals surface area contributed by atoms with E-state index < -0.39 is 74.6 Å². The van der Waals surface area contributed by atoms with Gasteiger partial charge in [0.15, 0.2) is 0 Å². The Hall–Kier alpha value is -2.30. The number of hydrogen-bond acceptors (Lipinski definition) is 13. The zero-order valence-electron chi connectivity index (χ0n) is 18.2. The van der Waals surface area contributed by atoms with Crippen LogP contribution >= 0.6 is 0 Å². The zero-order valence-corrected chi connectivity index (χ0v) is 18.2. The van der Waals surface area contributed by atoms with Crippen molar-refractivity contribution in [2.24, 2.45) is 0 Å². The standard InChI is InChI=1S/C22H28O13/c23-6-12-15(26)17(28)19(30)21(34-12)32-10-4-5-11(14-8(10)2-1-3-9(14)25)33-22-20(31)18(29)16(27)13(7-24)35-22/h1-5,12-13,15-31H,6-7H2/t12-,13-,15-,16-,17+,18+,19-,20-,21-,22-/m1/s1. The Labute approximate surface area is 198 Å². The van der Waals surface area contributed by atoms with Gasteiger partial charge >= 0.3 is 0 Å². The molecule has 2 saturated heterocycles. The van der Waals surface area contributed by atoms with Gasteiger partial charge in [-0.25, -0.2) is 0 Å². The van der Waals surface area contributed by atoms with Crippen LogP contribution in [0.2, 0.25) is 0 Å². The number of fused-ring (bicyclic) bond motifs is 1. The van der Waals surface area contributed by atoms with Crippen LogP contribution in [-0.4, -0.2) is 121 Å². The van der Waals surface area contributed by atoms with Crippen LogP contribution in [0.25, 0.3) is 10.8 Å². The van der Waals surface area contributed by atoms with Crippen molar-refractivity contribution in [1.82, 2.24) is 0 Å². The summed E-state index contributed by atoms with van der Waals surface area (Å²) < 4.78 is 22.1. The number of rotatable bonds is 6. The Bertz CT molecular complexity index is 1010. The number of aliphatic hydroxyl groups is 8. The first kappa shape index (κ1) is 25.8. The van der Waals surface area contributed by atoms with Crippen molar-refractivity contribution in [3.8, 4) is 17.2 Å². The lowest BCUT2D eigenvalue weighted by molar-refractivity contribution is -0.277. The first-order valence-electron chi connectivity index (χ1n) is 10.9. The number of phenolic OH excluding ortho intramolecular Hbond substituents is 1. The highest BCUT2D eigenvalue weighted by Crippen LogP contribution is 2.41. The summed E-state index contributed by atoms with van der Waals surface area (Å²) >= 11 is 0. The Balaban J connectivity index is 1.64. The normalized spacial score (nSPS) is 37.8. The van der Waals surface area contributed by atoms with Crippen molar-refractivity contribution in [3.05, 3.63) is 30.3 Å². The Morgan fingerprint density at radius 2 is 1.11 bits per heavy atom. The minimum Gasteiger partial charge on any atom is -0.507 e. The van der Waals surface area contributed by atoms with E-state index in [1.54, 1.807) is 0 Å². The first-order valence-corrected chi connectivity index (χ1v) is 10.9. The summed E-state index contributed by atoms with van der Waals surface area (Å²) in [5, 5.41) is 90.1. The van der Waals surface area contributed by atoms with Gasteiger partial charge in [0.05, 0.1) is 18.6 Å². The Morgan fingerprint density at radius 3 is 1.63 bits per heavy atom. The molecule has 4 rings (SSSR count). The lowest BCUT2D eigenvalue weighted by Crippen LogP contribution is -2.60. The van der Waals surface area contributed by atoms with Gasteiger partial charge in [-0.15, -0.1) is 0 Å². The number of aliphatic hydroxyl groups excluding tert-OH is 8. The molecule has 0 amide bonds. The van der Waals surface area contributed by atoms with Gasteiger partial charge in [-0.1, -0.05) is 12.1 Å². The second kappa shape index (κ2) is 10.4. The molecule has 2 aliphatic heterocycles. The molecule has 10 atom stereocenters. The van der Waals surface area contributed by atoms with Crippen LogP contribution in [0.1, 0.15) is 0 Å². The van der Waals surface area contributed by atoms with Crippen molar-refractivity contribution in [2.45, 2.75) is 61.4 Å². The van der Waals surface area contributed by atoms with Gasteiger partial charge in [0.25, 0.3) is 0 Å². The molecular formula is C22H28O13. The molecule has 0 unspecified atom stereocenters. The SMILES string of the molecule is OC[C@H]1O[C@@H](Oc2ccc(O[C@@H]3O[C@H](CO)[C@@H](O)[C@H](O)[C@H]3O)c3c(O)cccc23)[C@H](O)[C@@H](O)[C@@H]1O. The quantitative estimate of drug-likeness (QED) is 0.192. The van der Waals surface area contributed by atoms with E-state index in [2.05, 4.69) is 0 Å². The lowest BCUT2D eigenvalue weighted by Gasteiger charge is -2.40. The summed E-state index contributed by atoms with van der Waals surface area (Å²) in [5.74, 6) is -0.202. The summed E-state index contributed by atoms with van der Waals surface area (Å²) in [6, 6.07) is 7.09. The number of aromatic hydroxyl groups is 1. The van der Waals surface area contributed by atoms with Gasteiger partial charge in [0.1, 0.15) is 66.1 Å². The molecule has 0 aliphatic carbocycles. The minimum atomic E-state index is -1.68. The van der Waals surface area contributed by atoms with Crippen molar-refractivity contribution in [3.63, 3.8) is 0 Å². The maximum absolute atomic E-state index is 10.5. The third-order valence-electron chi connectivity index (χ3n) is 6.12. The lowest BCUT2D eigenvalue weighted by atomic mass is 9.99. The third kappa shape index (κ3) is 4.75. The van der Waals surface area contributed by atoms with Crippen LogP contribution in [0.5, 0.6) is 17.2 Å². The van der Waals surface area contributed by atoms with Gasteiger partial charge < -0.3 is 64.9 Å². The Morgan fingerprint density at radius 1 is 0.629 bits per heavy atom. The van der Waals surface area contributed by atoms with E-state index in [4.69, 9.17) is 18.9 Å². The molecule has 35 heavy (non-hydrogen) atoms. The van der Waals surface area contributed by atoms with Gasteiger partial charge in [-0.05, 0) is 18.2 Å². The summed E-state index contributed by atoms with van der Waals surface area (Å²) in [6.45, 7) is -1.29. The summed E-state index contributed by atoms with van der Waals surface area (Å²) in [7, 11) is 0. The molecule has 0 spiro atoms. The highest BCUT2D eigenvalue weighted by molar-refractivity contribution is 5.97. The van der Waals surface area contributed by atoms with Gasteiger partial charge in [0.2, 0.25) is 12.6 Å². The molecule has 2 aromatic carbocycles. The smallest absolute Gasteiger partial charge is 0.229 e. The average molecular weight is 500 g/mol. The second-order valence-electron chi connectivity index (χ2n) is 8.39. The van der Waals surface area contributed by atoms with E-state index in [-0.39, 0.29) is 28.0 Å². The first-order chi connectivity index (χ1) is 16.7. The van der Waals surface area contributed by atoms with Crippen LogP contribution in [0.4, 0.5) is 0 Å². The van der Waals surface area contributed by atoms with Gasteiger partial charge in [0, 0.05) is 5.39 Å². The molecule has 13 heteroatoms. The fraction of sp³-hybridized carbons (Fsp3) is 0.545. The molecule has 0 aromatic heterocycles. The summed E-state index contributed by atoms with van der Waals surface area (Å²) in [6.07, 6.45) is -15.2. The zero-order chi connectivity index (χ0) is 25.4. The van der Waals surface area contributed by atoms with Crippen molar-refractivity contribution < 1.29 is 64.9 Å². The molecular weight excluding hydrogens is 472 g/mol. The molecule has 2 aliphatic rings. The van der Waals surface area contributed by atoms with E-state index in [0.717, 1.165) is 0 Å². The monoisotopic (exact) mass is 500 g/mol. The summed E-state index contributed by atoms with van der Waals surface area (Å²) in [5.41, 5.74) is 0. The number of hydrogen-bond donors (Lipinski definition) is 9. The molecule has 194 valence electrons. The van der Waals surface area contributed by atoms with E-state index in [9.17, 15) is 46.0 Å². The van der Waals surface area contributed by atoms with Gasteiger partial charge in [-0.3, -0.25) is 0 Å². The molecule has 0 radical (unpaired) electrons. The van der Waals surface area contributed by atoms with Gasteiger partial charge in [-0.2, -0.15) is 0 Å². The molecule has 2 heterocycles. The minimum absolute atomic E-state index is 0.0106.